The first-order chi connectivity index (χ1) is 14.3. The summed E-state index contributed by atoms with van der Waals surface area (Å²) in [6.45, 7) is -0.276. The van der Waals surface area contributed by atoms with Crippen LogP contribution in [0.25, 0.3) is 6.08 Å². The number of nitrogens with one attached hydrogen (secondary N) is 1. The number of phenolic OH excluding ortho intramolecular Hbond substituents is 1. The molecule has 1 fully saturated rings. The summed E-state index contributed by atoms with van der Waals surface area (Å²) in [7, 11) is 1.42. The highest BCUT2D eigenvalue weighted by Gasteiger charge is 2.33. The number of benzene rings is 2. The number of amides is 2. The third kappa shape index (κ3) is 4.78. The number of anilines is 1. The van der Waals surface area contributed by atoms with Gasteiger partial charge in [0.1, 0.15) is 10.9 Å². The van der Waals surface area contributed by atoms with Crippen LogP contribution in [0.15, 0.2) is 47.4 Å². The highest BCUT2D eigenvalue weighted by atomic mass is 32.2. The van der Waals surface area contributed by atoms with E-state index in [4.69, 9.17) is 22.1 Å². The minimum Gasteiger partial charge on any atom is -0.504 e. The predicted molar refractivity (Wildman–Crippen MR) is 117 cm³/mol. The Balaban J connectivity index is 1.68. The summed E-state index contributed by atoms with van der Waals surface area (Å²) in [6, 6.07) is 10.3. The second-order valence-electron chi connectivity index (χ2n) is 6.13. The van der Waals surface area contributed by atoms with Gasteiger partial charge in [0.05, 0.1) is 17.6 Å². The Hall–Kier alpha value is -3.37. The van der Waals surface area contributed by atoms with Gasteiger partial charge < -0.3 is 20.3 Å². The number of phenols is 1. The Bertz CT molecular complexity index is 1070. The summed E-state index contributed by atoms with van der Waals surface area (Å²) in [5.41, 5.74) is 1.14. The average molecular weight is 444 g/mol. The van der Waals surface area contributed by atoms with Gasteiger partial charge in [-0.2, -0.15) is 0 Å². The molecule has 2 aromatic rings. The summed E-state index contributed by atoms with van der Waals surface area (Å²) in [4.78, 5) is 37.4. The number of aromatic carboxylic acids is 1. The number of carbonyl (C=O) groups excluding carboxylic acids is 2. The van der Waals surface area contributed by atoms with Gasteiger partial charge in [-0.1, -0.05) is 30.0 Å². The van der Waals surface area contributed by atoms with Crippen molar-refractivity contribution < 1.29 is 29.3 Å². The number of ether oxygens (including phenoxy) is 1. The van der Waals surface area contributed by atoms with E-state index in [0.717, 1.165) is 11.8 Å². The Labute approximate surface area is 181 Å². The predicted octanol–water partition coefficient (Wildman–Crippen LogP) is 2.94. The van der Waals surface area contributed by atoms with E-state index in [1.165, 1.54) is 42.3 Å². The fourth-order valence-corrected chi connectivity index (χ4v) is 3.87. The first-order valence-electron chi connectivity index (χ1n) is 8.54. The quantitative estimate of drug-likeness (QED) is 0.460. The molecule has 0 unspecified atom stereocenters. The minimum atomic E-state index is -1.07. The number of thiocarbonyl (C=S) groups is 1. The van der Waals surface area contributed by atoms with Crippen LogP contribution in [-0.2, 0) is 9.59 Å². The number of methoxy groups -OCH3 is 1. The van der Waals surface area contributed by atoms with Crippen molar-refractivity contribution in [1.82, 2.24) is 4.90 Å². The summed E-state index contributed by atoms with van der Waals surface area (Å²) in [5, 5.41) is 21.2. The minimum absolute atomic E-state index is 0.0183. The molecule has 8 nitrogen and oxygen atoms in total. The number of thioether (sulfide) groups is 1. The number of aromatic hydroxyl groups is 1. The van der Waals surface area contributed by atoms with Gasteiger partial charge >= 0.3 is 5.97 Å². The van der Waals surface area contributed by atoms with Gasteiger partial charge in [0, 0.05) is 5.69 Å². The van der Waals surface area contributed by atoms with E-state index in [0.29, 0.717) is 16.2 Å². The molecule has 0 saturated carbocycles. The molecule has 0 radical (unpaired) electrons. The molecule has 1 aliphatic rings. The zero-order valence-corrected chi connectivity index (χ0v) is 17.3. The Morgan fingerprint density at radius 3 is 2.57 bits per heavy atom. The standard InChI is InChI=1S/C20H16N2O6S2/c1-28-15-8-11(2-7-14(15)23)9-16-18(25)22(20(29)30-16)10-17(24)21-13-5-3-12(4-6-13)19(26)27/h2-9,23H,10H2,1H3,(H,21,24)(H,26,27)/b16-9-. The number of carbonyl (C=O) groups is 3. The third-order valence-corrected chi connectivity index (χ3v) is 5.47. The van der Waals surface area contributed by atoms with Gasteiger partial charge in [-0.05, 0) is 48.0 Å². The molecule has 30 heavy (non-hydrogen) atoms. The first kappa shape index (κ1) is 21.3. The van der Waals surface area contributed by atoms with E-state index in [9.17, 15) is 19.5 Å². The second-order valence-corrected chi connectivity index (χ2v) is 7.81. The van der Waals surface area contributed by atoms with Crippen molar-refractivity contribution in [3.63, 3.8) is 0 Å². The summed E-state index contributed by atoms with van der Waals surface area (Å²) in [5.74, 6) is -1.69. The molecule has 3 N–H and O–H groups in total. The van der Waals surface area contributed by atoms with Gasteiger partial charge in [-0.15, -0.1) is 0 Å². The van der Waals surface area contributed by atoms with Crippen LogP contribution >= 0.6 is 24.0 Å². The molecule has 154 valence electrons. The van der Waals surface area contributed by atoms with Crippen molar-refractivity contribution in [2.24, 2.45) is 0 Å². The number of carboxylic acid groups (broad SMARTS) is 1. The van der Waals surface area contributed by atoms with Gasteiger partial charge in [0.25, 0.3) is 5.91 Å². The van der Waals surface area contributed by atoms with E-state index in [2.05, 4.69) is 5.32 Å². The molecule has 2 aromatic carbocycles. The molecular formula is C20H16N2O6S2. The van der Waals surface area contributed by atoms with E-state index < -0.39 is 17.8 Å². The van der Waals surface area contributed by atoms with Crippen LogP contribution in [0, 0.1) is 0 Å². The molecule has 1 aliphatic heterocycles. The first-order valence-corrected chi connectivity index (χ1v) is 9.76. The lowest BCUT2D eigenvalue weighted by Gasteiger charge is -2.14. The maximum Gasteiger partial charge on any atom is 0.335 e. The maximum atomic E-state index is 12.7. The van der Waals surface area contributed by atoms with E-state index in [1.54, 1.807) is 18.2 Å². The lowest BCUT2D eigenvalue weighted by molar-refractivity contribution is -0.126. The molecule has 1 heterocycles. The number of carboxylic acids is 1. The molecule has 3 rings (SSSR count). The molecule has 0 bridgehead atoms. The van der Waals surface area contributed by atoms with Crippen molar-refractivity contribution in [3.8, 4) is 11.5 Å². The third-order valence-electron chi connectivity index (χ3n) is 4.09. The number of rotatable bonds is 6. The van der Waals surface area contributed by atoms with Crippen LogP contribution < -0.4 is 10.1 Å². The molecule has 1 saturated heterocycles. The van der Waals surface area contributed by atoms with Gasteiger partial charge in [-0.25, -0.2) is 4.79 Å². The van der Waals surface area contributed by atoms with Crippen LogP contribution in [0.5, 0.6) is 11.5 Å². The smallest absolute Gasteiger partial charge is 0.335 e. The maximum absolute atomic E-state index is 12.7. The number of hydrogen-bond acceptors (Lipinski definition) is 7. The zero-order valence-electron chi connectivity index (χ0n) is 15.6. The van der Waals surface area contributed by atoms with Gasteiger partial charge in [0.2, 0.25) is 5.91 Å². The number of nitrogens with zero attached hydrogens (tertiary/aromatic N) is 1. The van der Waals surface area contributed by atoms with Crippen LogP contribution in [0.4, 0.5) is 5.69 Å². The molecule has 0 spiro atoms. The zero-order chi connectivity index (χ0) is 21.8. The number of hydrogen-bond donors (Lipinski definition) is 3. The van der Waals surface area contributed by atoms with E-state index >= 15 is 0 Å². The fraction of sp³-hybridized carbons (Fsp3) is 0.100. The van der Waals surface area contributed by atoms with Crippen LogP contribution in [0.2, 0.25) is 0 Å². The summed E-state index contributed by atoms with van der Waals surface area (Å²) in [6.07, 6.45) is 1.60. The van der Waals surface area contributed by atoms with Crippen molar-refractivity contribution in [2.45, 2.75) is 0 Å². The Morgan fingerprint density at radius 2 is 1.93 bits per heavy atom. The van der Waals surface area contributed by atoms with Gasteiger partial charge in [0.15, 0.2) is 11.5 Å². The average Bonchev–Trinajstić information content (AvgIpc) is 2.97. The Morgan fingerprint density at radius 1 is 1.23 bits per heavy atom. The largest absolute Gasteiger partial charge is 0.504 e. The lowest BCUT2D eigenvalue weighted by Crippen LogP contribution is -2.36. The fourth-order valence-electron chi connectivity index (χ4n) is 2.61. The van der Waals surface area contributed by atoms with Crippen LogP contribution in [0.1, 0.15) is 15.9 Å². The topological polar surface area (TPSA) is 116 Å². The molecule has 2 amide bonds. The molecule has 0 aliphatic carbocycles. The highest BCUT2D eigenvalue weighted by Crippen LogP contribution is 2.34. The van der Waals surface area contributed by atoms with Crippen molar-refractivity contribution in [1.29, 1.82) is 0 Å². The van der Waals surface area contributed by atoms with Crippen molar-refractivity contribution in [2.75, 3.05) is 19.0 Å². The second kappa shape index (κ2) is 8.97. The molecule has 0 aromatic heterocycles. The van der Waals surface area contributed by atoms with E-state index in [-0.39, 0.29) is 27.9 Å². The van der Waals surface area contributed by atoms with Gasteiger partial charge in [-0.3, -0.25) is 14.5 Å². The van der Waals surface area contributed by atoms with Crippen molar-refractivity contribution in [3.05, 3.63) is 58.5 Å². The van der Waals surface area contributed by atoms with E-state index in [1.807, 2.05) is 0 Å². The summed E-state index contributed by atoms with van der Waals surface area (Å²) < 4.78 is 5.30. The SMILES string of the molecule is COc1cc(/C=C2\SC(=S)N(CC(=O)Nc3ccc(C(=O)O)cc3)C2=O)ccc1O. The summed E-state index contributed by atoms with van der Waals surface area (Å²) >= 11 is 6.29. The van der Waals surface area contributed by atoms with Crippen LogP contribution in [0.3, 0.4) is 0 Å². The monoisotopic (exact) mass is 444 g/mol. The highest BCUT2D eigenvalue weighted by molar-refractivity contribution is 8.26. The molecule has 0 atom stereocenters. The lowest BCUT2D eigenvalue weighted by atomic mass is 10.2. The Kier molecular flexibility index (Phi) is 6.38. The van der Waals surface area contributed by atoms with Crippen molar-refractivity contribution >= 4 is 57.8 Å². The van der Waals surface area contributed by atoms with Crippen LogP contribution in [-0.4, -0.2) is 50.9 Å². The molecule has 10 heteroatoms. The normalized spacial score (nSPS) is 14.8. The molecular weight excluding hydrogens is 428 g/mol.